The number of hydrogen-bond acceptors (Lipinski definition) is 5. The van der Waals surface area contributed by atoms with Gasteiger partial charge in [-0.3, -0.25) is 14.8 Å². The second-order valence-electron chi connectivity index (χ2n) is 7.68. The maximum Gasteiger partial charge on any atom is 0.274 e. The first-order valence-corrected chi connectivity index (χ1v) is 9.92. The van der Waals surface area contributed by atoms with Crippen LogP contribution in [0.2, 0.25) is 0 Å². The number of fused-ring (bicyclic) bond motifs is 1. The van der Waals surface area contributed by atoms with E-state index in [1.54, 1.807) is 7.11 Å². The molecule has 7 nitrogen and oxygen atoms in total. The molecule has 28 heavy (non-hydrogen) atoms. The molecule has 1 fully saturated rings. The van der Waals surface area contributed by atoms with E-state index in [4.69, 9.17) is 9.47 Å². The summed E-state index contributed by atoms with van der Waals surface area (Å²) in [5.41, 5.74) is 3.76. The predicted octanol–water partition coefficient (Wildman–Crippen LogP) is 2.40. The number of aromatic nitrogens is 2. The fraction of sp³-hybridized carbons (Fsp3) is 0.524. The first-order valence-electron chi connectivity index (χ1n) is 9.92. The Morgan fingerprint density at radius 1 is 1.29 bits per heavy atom. The van der Waals surface area contributed by atoms with Crippen LogP contribution in [0, 0.1) is 0 Å². The molecule has 1 aromatic heterocycles. The Balaban J connectivity index is 1.38. The van der Waals surface area contributed by atoms with Gasteiger partial charge in [0, 0.05) is 44.7 Å². The number of aromatic amines is 1. The molecule has 1 amide bonds. The quantitative estimate of drug-likeness (QED) is 0.877. The molecule has 2 aliphatic heterocycles. The van der Waals surface area contributed by atoms with E-state index in [2.05, 4.69) is 27.2 Å². The highest BCUT2D eigenvalue weighted by Gasteiger charge is 2.32. The van der Waals surface area contributed by atoms with Crippen molar-refractivity contribution in [3.63, 3.8) is 0 Å². The number of H-pyrrole nitrogens is 1. The summed E-state index contributed by atoms with van der Waals surface area (Å²) in [6, 6.07) is 8.15. The first-order chi connectivity index (χ1) is 13.5. The molecular weight excluding hydrogens is 356 g/mol. The van der Waals surface area contributed by atoms with Gasteiger partial charge in [0.25, 0.3) is 5.91 Å². The first kappa shape index (κ1) is 19.0. The van der Waals surface area contributed by atoms with Crippen LogP contribution in [-0.2, 0) is 17.7 Å². The number of carbonyl (C=O) groups is 1. The van der Waals surface area contributed by atoms with Gasteiger partial charge in [-0.25, -0.2) is 0 Å². The van der Waals surface area contributed by atoms with E-state index >= 15 is 0 Å². The molecule has 2 atom stereocenters. The van der Waals surface area contributed by atoms with Gasteiger partial charge in [-0.2, -0.15) is 5.10 Å². The Kier molecular flexibility index (Phi) is 5.37. The van der Waals surface area contributed by atoms with Crippen molar-refractivity contribution in [3.8, 4) is 5.75 Å². The molecule has 2 aliphatic rings. The molecule has 0 saturated carbocycles. The largest absolute Gasteiger partial charge is 0.497 e. The van der Waals surface area contributed by atoms with Gasteiger partial charge < -0.3 is 14.4 Å². The van der Waals surface area contributed by atoms with Crippen LogP contribution >= 0.6 is 0 Å². The Labute approximate surface area is 165 Å². The van der Waals surface area contributed by atoms with Gasteiger partial charge in [0.15, 0.2) is 5.69 Å². The number of ether oxygens (including phenoxy) is 2. The van der Waals surface area contributed by atoms with Crippen LogP contribution in [0.4, 0.5) is 0 Å². The molecular formula is C21H28N4O3. The Morgan fingerprint density at radius 3 is 2.82 bits per heavy atom. The summed E-state index contributed by atoms with van der Waals surface area (Å²) in [6.07, 6.45) is 0.784. The van der Waals surface area contributed by atoms with Crippen LogP contribution in [0.15, 0.2) is 24.3 Å². The number of benzene rings is 1. The lowest BCUT2D eigenvalue weighted by Gasteiger charge is -2.34. The molecule has 0 unspecified atom stereocenters. The summed E-state index contributed by atoms with van der Waals surface area (Å²) in [7, 11) is 1.69. The van der Waals surface area contributed by atoms with Crippen molar-refractivity contribution in [2.45, 2.75) is 39.0 Å². The summed E-state index contributed by atoms with van der Waals surface area (Å²) < 4.78 is 11.1. The van der Waals surface area contributed by atoms with Gasteiger partial charge >= 0.3 is 0 Å². The molecule has 0 radical (unpaired) electrons. The van der Waals surface area contributed by atoms with Crippen molar-refractivity contribution in [3.05, 3.63) is 46.8 Å². The van der Waals surface area contributed by atoms with E-state index in [0.29, 0.717) is 18.8 Å². The maximum atomic E-state index is 13.1. The predicted molar refractivity (Wildman–Crippen MR) is 105 cm³/mol. The van der Waals surface area contributed by atoms with Gasteiger partial charge in [0.05, 0.1) is 25.0 Å². The van der Waals surface area contributed by atoms with E-state index in [9.17, 15) is 4.79 Å². The topological polar surface area (TPSA) is 70.7 Å². The fourth-order valence-corrected chi connectivity index (χ4v) is 4.14. The fourth-order valence-electron chi connectivity index (χ4n) is 4.14. The van der Waals surface area contributed by atoms with Crippen molar-refractivity contribution >= 4 is 5.91 Å². The summed E-state index contributed by atoms with van der Waals surface area (Å²) in [6.45, 7) is 8.04. The second-order valence-corrected chi connectivity index (χ2v) is 7.68. The van der Waals surface area contributed by atoms with Gasteiger partial charge in [0.2, 0.25) is 0 Å². The zero-order chi connectivity index (χ0) is 19.7. The highest BCUT2D eigenvalue weighted by molar-refractivity contribution is 5.94. The number of methoxy groups -OCH3 is 1. The van der Waals surface area contributed by atoms with Crippen molar-refractivity contribution < 1.29 is 14.3 Å². The second kappa shape index (κ2) is 7.93. The highest BCUT2D eigenvalue weighted by Crippen LogP contribution is 2.30. The number of carbonyl (C=O) groups excluding carboxylic acids is 1. The van der Waals surface area contributed by atoms with Gasteiger partial charge in [-0.15, -0.1) is 0 Å². The monoisotopic (exact) mass is 384 g/mol. The standard InChI is InChI=1S/C21H28N4O3/c1-14-11-18-19(15(2)28-14)22-23-20(18)21(26)25-9-7-24(8-10-25)13-16-5-4-6-17(12-16)27-3/h4-6,12,14-15H,7-11,13H2,1-3H3,(H,22,23)/t14-,15+/m0/s1. The minimum Gasteiger partial charge on any atom is -0.497 e. The third kappa shape index (κ3) is 3.77. The lowest BCUT2D eigenvalue weighted by atomic mass is 9.99. The Morgan fingerprint density at radius 2 is 2.07 bits per heavy atom. The van der Waals surface area contributed by atoms with Gasteiger partial charge in [-0.05, 0) is 31.5 Å². The van der Waals surface area contributed by atoms with Crippen LogP contribution in [0.1, 0.15) is 47.3 Å². The number of rotatable bonds is 4. The van der Waals surface area contributed by atoms with Gasteiger partial charge in [0.1, 0.15) is 5.75 Å². The summed E-state index contributed by atoms with van der Waals surface area (Å²) in [5.74, 6) is 0.905. The number of amides is 1. The SMILES string of the molecule is COc1cccc(CN2CCN(C(=O)c3n[nH]c4c3C[C@H](C)O[C@@H]4C)CC2)c1. The number of nitrogens with one attached hydrogen (secondary N) is 1. The van der Waals surface area contributed by atoms with E-state index < -0.39 is 0 Å². The van der Waals surface area contributed by atoms with E-state index in [-0.39, 0.29) is 18.1 Å². The molecule has 1 saturated heterocycles. The molecule has 1 N–H and O–H groups in total. The average Bonchev–Trinajstić information content (AvgIpc) is 3.12. The molecule has 3 heterocycles. The van der Waals surface area contributed by atoms with Crippen LogP contribution in [0.25, 0.3) is 0 Å². The van der Waals surface area contributed by atoms with Crippen LogP contribution < -0.4 is 4.74 Å². The van der Waals surface area contributed by atoms with E-state index in [0.717, 1.165) is 43.1 Å². The van der Waals surface area contributed by atoms with Crippen LogP contribution in [0.5, 0.6) is 5.75 Å². The maximum absolute atomic E-state index is 13.1. The molecule has 2 aromatic rings. The van der Waals surface area contributed by atoms with Crippen LogP contribution in [-0.4, -0.2) is 65.3 Å². The molecule has 4 rings (SSSR count). The van der Waals surface area contributed by atoms with Crippen molar-refractivity contribution in [2.75, 3.05) is 33.3 Å². The molecule has 1 aromatic carbocycles. The molecule has 7 heteroatoms. The number of nitrogens with zero attached hydrogens (tertiary/aromatic N) is 3. The van der Waals surface area contributed by atoms with E-state index in [1.165, 1.54) is 5.56 Å². The third-order valence-corrected chi connectivity index (χ3v) is 5.64. The minimum atomic E-state index is -0.0486. The van der Waals surface area contributed by atoms with Crippen molar-refractivity contribution in [2.24, 2.45) is 0 Å². The van der Waals surface area contributed by atoms with Crippen molar-refractivity contribution in [1.29, 1.82) is 0 Å². The van der Waals surface area contributed by atoms with Gasteiger partial charge in [-0.1, -0.05) is 12.1 Å². The third-order valence-electron chi connectivity index (χ3n) is 5.64. The lowest BCUT2D eigenvalue weighted by molar-refractivity contribution is -0.00704. The van der Waals surface area contributed by atoms with Crippen molar-refractivity contribution in [1.82, 2.24) is 20.0 Å². The van der Waals surface area contributed by atoms with E-state index in [1.807, 2.05) is 30.9 Å². The summed E-state index contributed by atoms with van der Waals surface area (Å²) in [5, 5.41) is 7.36. The molecule has 0 bridgehead atoms. The molecule has 0 aliphatic carbocycles. The minimum absolute atomic E-state index is 0.0276. The summed E-state index contributed by atoms with van der Waals surface area (Å²) in [4.78, 5) is 17.4. The zero-order valence-electron chi connectivity index (χ0n) is 16.8. The van der Waals surface area contributed by atoms with Crippen LogP contribution in [0.3, 0.4) is 0 Å². The lowest BCUT2D eigenvalue weighted by Crippen LogP contribution is -2.48. The Hall–Kier alpha value is -2.38. The normalized spacial score (nSPS) is 22.8. The zero-order valence-corrected chi connectivity index (χ0v) is 16.8. The number of piperazine rings is 1. The highest BCUT2D eigenvalue weighted by atomic mass is 16.5. The molecule has 0 spiro atoms. The smallest absolute Gasteiger partial charge is 0.274 e. The Bertz CT molecular complexity index is 842. The average molecular weight is 384 g/mol. The number of hydrogen-bond donors (Lipinski definition) is 1. The summed E-state index contributed by atoms with van der Waals surface area (Å²) >= 11 is 0. The molecule has 150 valence electrons.